The van der Waals surface area contributed by atoms with E-state index in [4.69, 9.17) is 0 Å². The van der Waals surface area contributed by atoms with E-state index in [9.17, 15) is 22.8 Å². The van der Waals surface area contributed by atoms with Gasteiger partial charge in [-0.05, 0) is 66.7 Å². The number of nitrogens with one attached hydrogen (secondary N) is 2. The van der Waals surface area contributed by atoms with Crippen LogP contribution in [0.3, 0.4) is 0 Å². The third-order valence-electron chi connectivity index (χ3n) is 8.08. The number of halogens is 3. The van der Waals surface area contributed by atoms with Crippen LogP contribution in [0, 0.1) is 0 Å². The van der Waals surface area contributed by atoms with Crippen LogP contribution >= 0.6 is 0 Å². The van der Waals surface area contributed by atoms with Gasteiger partial charge >= 0.3 is 12.2 Å². The van der Waals surface area contributed by atoms with Crippen molar-refractivity contribution in [1.82, 2.24) is 15.1 Å². The smallest absolute Gasteiger partial charge is 0.346 e. The predicted molar refractivity (Wildman–Crippen MR) is 154 cm³/mol. The second-order valence-corrected chi connectivity index (χ2v) is 10.7. The molecule has 1 aliphatic heterocycles. The highest BCUT2D eigenvalue weighted by atomic mass is 19.4. The van der Waals surface area contributed by atoms with Gasteiger partial charge in [0.2, 0.25) is 5.91 Å². The van der Waals surface area contributed by atoms with Crippen LogP contribution in [0.25, 0.3) is 11.1 Å². The van der Waals surface area contributed by atoms with Gasteiger partial charge in [0.25, 0.3) is 0 Å². The van der Waals surface area contributed by atoms with Gasteiger partial charge in [-0.1, -0.05) is 73.2 Å². The molecule has 0 saturated carbocycles. The van der Waals surface area contributed by atoms with Crippen LogP contribution in [0.1, 0.15) is 36.8 Å². The monoisotopic (exact) mass is 564 g/mol. The van der Waals surface area contributed by atoms with Crippen molar-refractivity contribution in [1.29, 1.82) is 0 Å². The first kappa shape index (κ1) is 28.7. The lowest BCUT2D eigenvalue weighted by molar-refractivity contribution is -0.141. The quantitative estimate of drug-likeness (QED) is 0.328. The molecule has 0 bridgehead atoms. The molecule has 5 rings (SSSR count). The van der Waals surface area contributed by atoms with E-state index in [1.54, 1.807) is 0 Å². The zero-order valence-corrected chi connectivity index (χ0v) is 22.9. The van der Waals surface area contributed by atoms with E-state index in [1.165, 1.54) is 0 Å². The standard InChI is InChI=1S/C32H35F3N4O2/c33-32(34,35)23-36-29(40)31(27-15-6-4-13-25(27)26-14-5-7-16-28(26)31)17-8-9-18-38-19-10-20-39(22-21-38)30(41)37-24-11-2-1-3-12-24/h1-7,11-16H,8-10,17-23H2,(H,36,40)(H,37,41). The number of nitrogens with zero attached hydrogens (tertiary/aromatic N) is 2. The number of urea groups is 1. The molecule has 6 nitrogen and oxygen atoms in total. The second kappa shape index (κ2) is 12.3. The van der Waals surface area contributed by atoms with E-state index >= 15 is 0 Å². The number of rotatable bonds is 8. The molecule has 216 valence electrons. The van der Waals surface area contributed by atoms with Crippen molar-refractivity contribution in [3.63, 3.8) is 0 Å². The lowest BCUT2D eigenvalue weighted by atomic mass is 9.73. The average Bonchev–Trinajstić information content (AvgIpc) is 3.08. The topological polar surface area (TPSA) is 64.7 Å². The number of anilines is 1. The van der Waals surface area contributed by atoms with Gasteiger partial charge in [0.15, 0.2) is 0 Å². The summed E-state index contributed by atoms with van der Waals surface area (Å²) in [6.45, 7) is 2.31. The van der Waals surface area contributed by atoms with Crippen molar-refractivity contribution < 1.29 is 22.8 Å². The number of amides is 3. The lowest BCUT2D eigenvalue weighted by Crippen LogP contribution is -2.47. The molecule has 1 heterocycles. The predicted octanol–water partition coefficient (Wildman–Crippen LogP) is 6.04. The van der Waals surface area contributed by atoms with Crippen molar-refractivity contribution >= 4 is 17.6 Å². The van der Waals surface area contributed by atoms with E-state index in [-0.39, 0.29) is 6.03 Å². The first-order valence-electron chi connectivity index (χ1n) is 14.2. The highest BCUT2D eigenvalue weighted by Gasteiger charge is 2.49. The van der Waals surface area contributed by atoms with Gasteiger partial charge < -0.3 is 20.4 Å². The highest BCUT2D eigenvalue weighted by molar-refractivity contribution is 6.00. The third-order valence-corrected chi connectivity index (χ3v) is 8.08. The van der Waals surface area contributed by atoms with Crippen molar-refractivity contribution in [3.05, 3.63) is 90.0 Å². The SMILES string of the molecule is O=C(Nc1ccccc1)N1CCCN(CCCCC2(C(=O)NCC(F)(F)F)c3ccccc3-c3ccccc32)CC1. The van der Waals surface area contributed by atoms with E-state index in [0.717, 1.165) is 60.4 Å². The lowest BCUT2D eigenvalue weighted by Gasteiger charge is -2.31. The summed E-state index contributed by atoms with van der Waals surface area (Å²) in [5, 5.41) is 5.15. The maximum Gasteiger partial charge on any atom is 0.405 e. The van der Waals surface area contributed by atoms with Gasteiger partial charge in [0.05, 0.1) is 0 Å². The van der Waals surface area contributed by atoms with Gasteiger partial charge in [0.1, 0.15) is 12.0 Å². The minimum Gasteiger partial charge on any atom is -0.346 e. The molecule has 0 aromatic heterocycles. The number of para-hydroxylation sites is 1. The van der Waals surface area contributed by atoms with Crippen molar-refractivity contribution in [3.8, 4) is 11.1 Å². The van der Waals surface area contributed by atoms with Gasteiger partial charge in [0, 0.05) is 25.3 Å². The summed E-state index contributed by atoms with van der Waals surface area (Å²) >= 11 is 0. The molecular formula is C32H35F3N4O2. The molecular weight excluding hydrogens is 529 g/mol. The molecule has 1 saturated heterocycles. The van der Waals surface area contributed by atoms with Gasteiger partial charge in [-0.15, -0.1) is 0 Å². The Balaban J connectivity index is 1.23. The van der Waals surface area contributed by atoms with E-state index in [0.29, 0.717) is 25.9 Å². The maximum atomic E-state index is 13.6. The summed E-state index contributed by atoms with van der Waals surface area (Å²) in [5.41, 5.74) is 2.90. The van der Waals surface area contributed by atoms with Gasteiger partial charge in [-0.3, -0.25) is 4.79 Å². The summed E-state index contributed by atoms with van der Waals surface area (Å²) in [5.74, 6) is -0.609. The Morgan fingerprint density at radius 2 is 1.41 bits per heavy atom. The number of carbonyl (C=O) groups is 2. The van der Waals surface area contributed by atoms with Crippen molar-refractivity contribution in [2.45, 2.75) is 37.3 Å². The minimum absolute atomic E-state index is 0.108. The molecule has 0 radical (unpaired) electrons. The normalized spacial score (nSPS) is 16.4. The van der Waals surface area contributed by atoms with Gasteiger partial charge in [-0.2, -0.15) is 13.2 Å². The molecule has 2 aliphatic rings. The van der Waals surface area contributed by atoms with Crippen LogP contribution in [0.15, 0.2) is 78.9 Å². The number of fused-ring (bicyclic) bond motifs is 3. The van der Waals surface area contributed by atoms with Crippen molar-refractivity contribution in [2.24, 2.45) is 0 Å². The molecule has 3 aromatic carbocycles. The number of benzene rings is 3. The van der Waals surface area contributed by atoms with Crippen LogP contribution in [-0.4, -0.2) is 67.2 Å². The Morgan fingerprint density at radius 3 is 2.07 bits per heavy atom. The summed E-state index contributed by atoms with van der Waals surface area (Å²) in [7, 11) is 0. The first-order valence-corrected chi connectivity index (χ1v) is 14.2. The zero-order chi connectivity index (χ0) is 28.9. The molecule has 1 aliphatic carbocycles. The third kappa shape index (κ3) is 6.40. The summed E-state index contributed by atoms with van der Waals surface area (Å²) < 4.78 is 39.3. The molecule has 1 fully saturated rings. The van der Waals surface area contributed by atoms with Crippen LogP contribution in [-0.2, 0) is 10.2 Å². The summed E-state index contributed by atoms with van der Waals surface area (Å²) in [4.78, 5) is 30.5. The largest absolute Gasteiger partial charge is 0.405 e. The van der Waals surface area contributed by atoms with E-state index < -0.39 is 24.0 Å². The maximum absolute atomic E-state index is 13.6. The second-order valence-electron chi connectivity index (χ2n) is 10.7. The average molecular weight is 565 g/mol. The van der Waals surface area contributed by atoms with Crippen LogP contribution in [0.5, 0.6) is 0 Å². The van der Waals surface area contributed by atoms with Crippen LogP contribution in [0.4, 0.5) is 23.7 Å². The fourth-order valence-electron chi connectivity index (χ4n) is 6.13. The minimum atomic E-state index is -4.49. The molecule has 0 spiro atoms. The number of carbonyl (C=O) groups excluding carboxylic acids is 2. The zero-order valence-electron chi connectivity index (χ0n) is 22.9. The Kier molecular flexibility index (Phi) is 8.63. The fourth-order valence-corrected chi connectivity index (χ4v) is 6.13. The summed E-state index contributed by atoms with van der Waals surface area (Å²) in [6.07, 6.45) is -1.78. The van der Waals surface area contributed by atoms with E-state index in [1.807, 2.05) is 83.8 Å². The molecule has 3 aromatic rings. The van der Waals surface area contributed by atoms with Gasteiger partial charge in [-0.25, -0.2) is 4.79 Å². The Hall–Kier alpha value is -3.85. The Labute approximate surface area is 238 Å². The fraction of sp³-hybridized carbons (Fsp3) is 0.375. The molecule has 9 heteroatoms. The van der Waals surface area contributed by atoms with Crippen LogP contribution < -0.4 is 10.6 Å². The number of hydrogen-bond acceptors (Lipinski definition) is 3. The summed E-state index contributed by atoms with van der Waals surface area (Å²) in [6, 6.07) is 24.3. The van der Waals surface area contributed by atoms with Crippen LogP contribution in [0.2, 0.25) is 0 Å². The van der Waals surface area contributed by atoms with Crippen molar-refractivity contribution in [2.75, 3.05) is 44.6 Å². The molecule has 2 N–H and O–H groups in total. The first-order chi connectivity index (χ1) is 19.8. The molecule has 3 amide bonds. The number of unbranched alkanes of at least 4 members (excludes halogenated alkanes) is 1. The van der Waals surface area contributed by atoms with E-state index in [2.05, 4.69) is 15.5 Å². The molecule has 41 heavy (non-hydrogen) atoms. The Bertz CT molecular complexity index is 1320. The highest BCUT2D eigenvalue weighted by Crippen LogP contribution is 2.51. The number of alkyl halides is 3. The molecule has 0 unspecified atom stereocenters. The number of hydrogen-bond donors (Lipinski definition) is 2. The Morgan fingerprint density at radius 1 is 0.780 bits per heavy atom. The molecule has 0 atom stereocenters.